The van der Waals surface area contributed by atoms with Crippen molar-refractivity contribution < 1.29 is 4.79 Å². The highest BCUT2D eigenvalue weighted by atomic mass is 16.1. The highest BCUT2D eigenvalue weighted by Crippen LogP contribution is 2.11. The van der Waals surface area contributed by atoms with Gasteiger partial charge < -0.3 is 0 Å². The molecule has 104 valence electrons. The number of piperazine rings is 1. The Labute approximate surface area is 116 Å². The van der Waals surface area contributed by atoms with Crippen molar-refractivity contribution in [3.05, 3.63) is 35.4 Å². The minimum Gasteiger partial charge on any atom is -0.298 e. The van der Waals surface area contributed by atoms with Crippen LogP contribution in [0.25, 0.3) is 0 Å². The average molecular weight is 260 g/mol. The first-order valence-corrected chi connectivity index (χ1v) is 7.12. The van der Waals surface area contributed by atoms with Crippen LogP contribution in [0.1, 0.15) is 36.7 Å². The second kappa shape index (κ2) is 6.31. The quantitative estimate of drug-likeness (QED) is 0.777. The minimum atomic E-state index is 0.136. The van der Waals surface area contributed by atoms with Crippen LogP contribution in [-0.2, 0) is 6.54 Å². The lowest BCUT2D eigenvalue weighted by molar-refractivity contribution is 0.101. The third kappa shape index (κ3) is 3.88. The standard InChI is InChI=1S/C16H24N2O/c1-13(2)18-10-8-17(9-11-18)12-15-4-6-16(7-5-15)14(3)19/h4-7,13H,8-12H2,1-3H3. The number of hydrogen-bond acceptors (Lipinski definition) is 3. The summed E-state index contributed by atoms with van der Waals surface area (Å²) >= 11 is 0. The van der Waals surface area contributed by atoms with E-state index in [1.165, 1.54) is 5.56 Å². The van der Waals surface area contributed by atoms with Crippen molar-refractivity contribution in [2.45, 2.75) is 33.4 Å². The summed E-state index contributed by atoms with van der Waals surface area (Å²) in [5.41, 5.74) is 2.09. The topological polar surface area (TPSA) is 23.6 Å². The molecular weight excluding hydrogens is 236 g/mol. The molecule has 1 aromatic rings. The molecule has 0 bridgehead atoms. The van der Waals surface area contributed by atoms with Gasteiger partial charge in [0, 0.05) is 44.3 Å². The second-order valence-electron chi connectivity index (χ2n) is 5.66. The molecule has 1 saturated heterocycles. The van der Waals surface area contributed by atoms with Gasteiger partial charge in [-0.2, -0.15) is 0 Å². The van der Waals surface area contributed by atoms with Gasteiger partial charge in [0.25, 0.3) is 0 Å². The second-order valence-corrected chi connectivity index (χ2v) is 5.66. The Morgan fingerprint density at radius 2 is 1.68 bits per heavy atom. The Bertz CT molecular complexity index is 417. The monoisotopic (exact) mass is 260 g/mol. The molecule has 19 heavy (non-hydrogen) atoms. The summed E-state index contributed by atoms with van der Waals surface area (Å²) < 4.78 is 0. The van der Waals surface area contributed by atoms with Gasteiger partial charge in [-0.3, -0.25) is 14.6 Å². The van der Waals surface area contributed by atoms with E-state index in [2.05, 4.69) is 35.8 Å². The number of hydrogen-bond donors (Lipinski definition) is 0. The van der Waals surface area contributed by atoms with Crippen LogP contribution < -0.4 is 0 Å². The maximum Gasteiger partial charge on any atom is 0.159 e. The SMILES string of the molecule is CC(=O)c1ccc(CN2CCN(C(C)C)CC2)cc1. The fourth-order valence-corrected chi connectivity index (χ4v) is 2.54. The predicted molar refractivity (Wildman–Crippen MR) is 78.4 cm³/mol. The molecule has 1 aliphatic heterocycles. The van der Waals surface area contributed by atoms with E-state index in [9.17, 15) is 4.79 Å². The van der Waals surface area contributed by atoms with E-state index in [0.717, 1.165) is 38.3 Å². The van der Waals surface area contributed by atoms with Gasteiger partial charge in [-0.15, -0.1) is 0 Å². The number of Topliss-reactive ketones (excluding diaryl/α,β-unsaturated/α-hetero) is 1. The van der Waals surface area contributed by atoms with Gasteiger partial charge in [-0.25, -0.2) is 0 Å². The fraction of sp³-hybridized carbons (Fsp3) is 0.562. The van der Waals surface area contributed by atoms with Crippen molar-refractivity contribution in [3.8, 4) is 0 Å². The van der Waals surface area contributed by atoms with Crippen molar-refractivity contribution in [2.75, 3.05) is 26.2 Å². The van der Waals surface area contributed by atoms with Gasteiger partial charge in [-0.1, -0.05) is 24.3 Å². The van der Waals surface area contributed by atoms with E-state index < -0.39 is 0 Å². The van der Waals surface area contributed by atoms with E-state index >= 15 is 0 Å². The number of carbonyl (C=O) groups excluding carboxylic acids is 1. The molecule has 0 radical (unpaired) electrons. The molecule has 0 saturated carbocycles. The molecule has 0 atom stereocenters. The van der Waals surface area contributed by atoms with Crippen LogP contribution in [0, 0.1) is 0 Å². The Morgan fingerprint density at radius 1 is 1.11 bits per heavy atom. The zero-order chi connectivity index (χ0) is 13.8. The van der Waals surface area contributed by atoms with Crippen LogP contribution in [0.5, 0.6) is 0 Å². The Morgan fingerprint density at radius 3 is 2.16 bits per heavy atom. The van der Waals surface area contributed by atoms with Crippen LogP contribution in [-0.4, -0.2) is 47.8 Å². The molecule has 2 rings (SSSR count). The summed E-state index contributed by atoms with van der Waals surface area (Å²) in [7, 11) is 0. The smallest absolute Gasteiger partial charge is 0.159 e. The molecular formula is C16H24N2O. The van der Waals surface area contributed by atoms with Gasteiger partial charge in [0.1, 0.15) is 0 Å². The van der Waals surface area contributed by atoms with Crippen molar-refractivity contribution in [2.24, 2.45) is 0 Å². The van der Waals surface area contributed by atoms with Gasteiger partial charge in [-0.05, 0) is 26.3 Å². The minimum absolute atomic E-state index is 0.136. The number of rotatable bonds is 4. The van der Waals surface area contributed by atoms with E-state index in [1.54, 1.807) is 6.92 Å². The van der Waals surface area contributed by atoms with Crippen LogP contribution in [0.4, 0.5) is 0 Å². The highest BCUT2D eigenvalue weighted by Gasteiger charge is 2.18. The van der Waals surface area contributed by atoms with Gasteiger partial charge in [0.2, 0.25) is 0 Å². The van der Waals surface area contributed by atoms with E-state index in [4.69, 9.17) is 0 Å². The molecule has 1 fully saturated rings. The molecule has 0 N–H and O–H groups in total. The lowest BCUT2D eigenvalue weighted by atomic mass is 10.1. The van der Waals surface area contributed by atoms with Crippen molar-refractivity contribution in [1.82, 2.24) is 9.80 Å². The summed E-state index contributed by atoms with van der Waals surface area (Å²) in [4.78, 5) is 16.2. The van der Waals surface area contributed by atoms with E-state index in [1.807, 2.05) is 12.1 Å². The first-order chi connectivity index (χ1) is 9.06. The van der Waals surface area contributed by atoms with E-state index in [0.29, 0.717) is 6.04 Å². The third-order valence-electron chi connectivity index (χ3n) is 3.90. The Hall–Kier alpha value is -1.19. The Kier molecular flexibility index (Phi) is 4.72. The van der Waals surface area contributed by atoms with Crippen molar-refractivity contribution in [1.29, 1.82) is 0 Å². The summed E-state index contributed by atoms with van der Waals surface area (Å²) in [6.07, 6.45) is 0. The summed E-state index contributed by atoms with van der Waals surface area (Å²) in [6.45, 7) is 11.7. The maximum atomic E-state index is 11.2. The van der Waals surface area contributed by atoms with E-state index in [-0.39, 0.29) is 5.78 Å². The molecule has 0 spiro atoms. The molecule has 1 aliphatic rings. The number of benzene rings is 1. The molecule has 1 heterocycles. The molecule has 1 aromatic carbocycles. The number of carbonyl (C=O) groups is 1. The fourth-order valence-electron chi connectivity index (χ4n) is 2.54. The van der Waals surface area contributed by atoms with Gasteiger partial charge in [0.05, 0.1) is 0 Å². The molecule has 0 unspecified atom stereocenters. The molecule has 3 nitrogen and oxygen atoms in total. The summed E-state index contributed by atoms with van der Waals surface area (Å²) in [6, 6.07) is 8.67. The van der Waals surface area contributed by atoms with Crippen LogP contribution in [0.2, 0.25) is 0 Å². The zero-order valence-electron chi connectivity index (χ0n) is 12.2. The molecule has 0 aliphatic carbocycles. The Balaban J connectivity index is 1.87. The number of ketones is 1. The van der Waals surface area contributed by atoms with Crippen LogP contribution >= 0.6 is 0 Å². The van der Waals surface area contributed by atoms with Crippen LogP contribution in [0.3, 0.4) is 0 Å². The first kappa shape index (κ1) is 14.2. The summed E-state index contributed by atoms with van der Waals surface area (Å²) in [5, 5.41) is 0. The molecule has 0 aromatic heterocycles. The van der Waals surface area contributed by atoms with Crippen molar-refractivity contribution >= 4 is 5.78 Å². The zero-order valence-corrected chi connectivity index (χ0v) is 12.2. The lowest BCUT2D eigenvalue weighted by Gasteiger charge is -2.36. The van der Waals surface area contributed by atoms with Crippen LogP contribution in [0.15, 0.2) is 24.3 Å². The normalized spacial score (nSPS) is 17.9. The van der Waals surface area contributed by atoms with Gasteiger partial charge >= 0.3 is 0 Å². The third-order valence-corrected chi connectivity index (χ3v) is 3.90. The molecule has 0 amide bonds. The average Bonchev–Trinajstić information content (AvgIpc) is 2.40. The highest BCUT2D eigenvalue weighted by molar-refractivity contribution is 5.93. The first-order valence-electron chi connectivity index (χ1n) is 7.12. The summed E-state index contributed by atoms with van der Waals surface area (Å²) in [5.74, 6) is 0.136. The predicted octanol–water partition coefficient (Wildman–Crippen LogP) is 2.42. The lowest BCUT2D eigenvalue weighted by Crippen LogP contribution is -2.48. The van der Waals surface area contributed by atoms with Crippen molar-refractivity contribution in [3.63, 3.8) is 0 Å². The number of nitrogens with zero attached hydrogens (tertiary/aromatic N) is 2. The van der Waals surface area contributed by atoms with Gasteiger partial charge in [0.15, 0.2) is 5.78 Å². The molecule has 3 heteroatoms. The largest absolute Gasteiger partial charge is 0.298 e. The maximum absolute atomic E-state index is 11.2.